The standard InChI is InChI=1S/C11H15NO2Si/c1-13-11(14-2)15-9-12-8-10-6-4-3-5-7-10/h3-8,11H,9H2,1-2H3. The molecule has 0 fully saturated rings. The Kier molecular flexibility index (Phi) is 5.92. The Labute approximate surface area is 93.0 Å². The van der Waals surface area contributed by atoms with Gasteiger partial charge < -0.3 is 9.47 Å². The molecule has 3 nitrogen and oxygen atoms in total. The highest BCUT2D eigenvalue weighted by Crippen LogP contribution is 1.94. The van der Waals surface area contributed by atoms with Crippen LogP contribution >= 0.6 is 0 Å². The SMILES string of the molecule is COC(OC)[Si]CN=Cc1ccccc1. The third-order valence-electron chi connectivity index (χ3n) is 1.82. The lowest BCUT2D eigenvalue weighted by atomic mass is 10.2. The van der Waals surface area contributed by atoms with Gasteiger partial charge in [0.1, 0.15) is 15.4 Å². The molecule has 0 aliphatic rings. The van der Waals surface area contributed by atoms with Crippen LogP contribution < -0.4 is 0 Å². The number of nitrogens with zero attached hydrogens (tertiary/aromatic N) is 1. The van der Waals surface area contributed by atoms with Gasteiger partial charge in [-0.05, 0) is 5.56 Å². The van der Waals surface area contributed by atoms with Crippen LogP contribution in [0.1, 0.15) is 5.56 Å². The summed E-state index contributed by atoms with van der Waals surface area (Å²) in [5.74, 6) is -0.127. The van der Waals surface area contributed by atoms with Gasteiger partial charge in [-0.2, -0.15) is 0 Å². The molecule has 0 saturated heterocycles. The molecule has 4 heteroatoms. The van der Waals surface area contributed by atoms with Crippen molar-refractivity contribution >= 4 is 15.7 Å². The summed E-state index contributed by atoms with van der Waals surface area (Å²) in [6.07, 6.45) is 2.61. The van der Waals surface area contributed by atoms with E-state index in [0.717, 1.165) is 11.7 Å². The molecule has 80 valence electrons. The molecule has 15 heavy (non-hydrogen) atoms. The maximum absolute atomic E-state index is 5.07. The van der Waals surface area contributed by atoms with Gasteiger partial charge in [0.25, 0.3) is 0 Å². The van der Waals surface area contributed by atoms with Crippen molar-refractivity contribution in [2.45, 2.75) is 5.91 Å². The van der Waals surface area contributed by atoms with Gasteiger partial charge in [-0.25, -0.2) is 0 Å². The van der Waals surface area contributed by atoms with Crippen molar-refractivity contribution in [1.82, 2.24) is 0 Å². The van der Waals surface area contributed by atoms with Crippen LogP contribution in [-0.2, 0) is 9.47 Å². The van der Waals surface area contributed by atoms with Crippen molar-refractivity contribution in [3.8, 4) is 0 Å². The first kappa shape index (κ1) is 12.1. The molecule has 0 bridgehead atoms. The van der Waals surface area contributed by atoms with E-state index in [0.29, 0.717) is 9.52 Å². The van der Waals surface area contributed by atoms with Crippen LogP contribution in [0.3, 0.4) is 0 Å². The van der Waals surface area contributed by atoms with E-state index in [1.807, 2.05) is 36.5 Å². The van der Waals surface area contributed by atoms with Crippen molar-refractivity contribution in [1.29, 1.82) is 0 Å². The second-order valence-corrected chi connectivity index (χ2v) is 4.08. The normalized spacial score (nSPS) is 11.4. The smallest absolute Gasteiger partial charge is 0.144 e. The van der Waals surface area contributed by atoms with Crippen LogP contribution in [0.5, 0.6) is 0 Å². The number of methoxy groups -OCH3 is 2. The van der Waals surface area contributed by atoms with E-state index in [2.05, 4.69) is 4.99 Å². The predicted molar refractivity (Wildman–Crippen MR) is 62.5 cm³/mol. The summed E-state index contributed by atoms with van der Waals surface area (Å²) >= 11 is 0. The van der Waals surface area contributed by atoms with E-state index in [1.54, 1.807) is 14.2 Å². The van der Waals surface area contributed by atoms with Gasteiger partial charge in [0.15, 0.2) is 0 Å². The monoisotopic (exact) mass is 221 g/mol. The fourth-order valence-electron chi connectivity index (χ4n) is 1.08. The van der Waals surface area contributed by atoms with Gasteiger partial charge in [0.05, 0.1) is 0 Å². The highest BCUT2D eigenvalue weighted by Gasteiger charge is 2.03. The predicted octanol–water partition coefficient (Wildman–Crippen LogP) is 1.34. The highest BCUT2D eigenvalue weighted by atomic mass is 28.2. The minimum absolute atomic E-state index is 0.127. The number of rotatable bonds is 6. The van der Waals surface area contributed by atoms with Crippen molar-refractivity contribution in [2.24, 2.45) is 4.99 Å². The van der Waals surface area contributed by atoms with Crippen LogP contribution in [0.4, 0.5) is 0 Å². The molecular formula is C11H15NO2Si. The van der Waals surface area contributed by atoms with Crippen molar-refractivity contribution in [2.75, 3.05) is 20.4 Å². The summed E-state index contributed by atoms with van der Waals surface area (Å²) < 4.78 is 10.1. The first-order chi connectivity index (χ1) is 7.36. The van der Waals surface area contributed by atoms with Crippen LogP contribution in [0.2, 0.25) is 0 Å². The van der Waals surface area contributed by atoms with Gasteiger partial charge in [-0.3, -0.25) is 4.99 Å². The molecule has 1 aromatic rings. The zero-order valence-electron chi connectivity index (χ0n) is 9.01. The number of hydrogen-bond donors (Lipinski definition) is 0. The van der Waals surface area contributed by atoms with Crippen LogP contribution in [0.25, 0.3) is 0 Å². The number of aliphatic imine (C=N–C) groups is 1. The minimum atomic E-state index is -0.127. The number of benzene rings is 1. The van der Waals surface area contributed by atoms with Gasteiger partial charge in [-0.1, -0.05) is 30.3 Å². The molecule has 0 unspecified atom stereocenters. The second kappa shape index (κ2) is 7.34. The Balaban J connectivity index is 2.28. The van der Waals surface area contributed by atoms with Crippen molar-refractivity contribution < 1.29 is 9.47 Å². The maximum atomic E-state index is 5.07. The van der Waals surface area contributed by atoms with Gasteiger partial charge in [0.2, 0.25) is 0 Å². The summed E-state index contributed by atoms with van der Waals surface area (Å²) in [7, 11) is 3.81. The van der Waals surface area contributed by atoms with Gasteiger partial charge in [-0.15, -0.1) is 0 Å². The largest absolute Gasteiger partial charge is 0.360 e. The molecular weight excluding hydrogens is 206 g/mol. The van der Waals surface area contributed by atoms with Crippen molar-refractivity contribution in [3.63, 3.8) is 0 Å². The van der Waals surface area contributed by atoms with Gasteiger partial charge in [0, 0.05) is 26.6 Å². The Bertz CT molecular complexity index is 286. The molecule has 0 aromatic heterocycles. The fourth-order valence-corrected chi connectivity index (χ4v) is 1.76. The molecule has 2 radical (unpaired) electrons. The topological polar surface area (TPSA) is 30.8 Å². The zero-order valence-corrected chi connectivity index (χ0v) is 10.0. The Hall–Kier alpha value is -0.973. The molecule has 0 amide bonds. The fraction of sp³-hybridized carbons (Fsp3) is 0.364. The summed E-state index contributed by atoms with van der Waals surface area (Å²) in [5, 5.41) is 0. The molecule has 0 heterocycles. The van der Waals surface area contributed by atoms with Gasteiger partial charge >= 0.3 is 0 Å². The average Bonchev–Trinajstić information content (AvgIpc) is 2.31. The second-order valence-electron chi connectivity index (χ2n) is 2.89. The van der Waals surface area contributed by atoms with E-state index >= 15 is 0 Å². The summed E-state index contributed by atoms with van der Waals surface area (Å²) in [6.45, 7) is 0. The van der Waals surface area contributed by atoms with E-state index in [-0.39, 0.29) is 5.91 Å². The lowest BCUT2D eigenvalue weighted by Gasteiger charge is -2.09. The maximum Gasteiger partial charge on any atom is 0.144 e. The number of ether oxygens (including phenoxy) is 2. The summed E-state index contributed by atoms with van der Waals surface area (Å²) in [6, 6.07) is 10.0. The Morgan fingerprint density at radius 3 is 2.53 bits per heavy atom. The molecule has 0 aliphatic carbocycles. The quantitative estimate of drug-likeness (QED) is 0.412. The van der Waals surface area contributed by atoms with Crippen LogP contribution in [-0.4, -0.2) is 42.0 Å². The molecule has 0 N–H and O–H groups in total. The van der Waals surface area contributed by atoms with Crippen molar-refractivity contribution in [3.05, 3.63) is 35.9 Å². The molecule has 0 atom stereocenters. The highest BCUT2D eigenvalue weighted by molar-refractivity contribution is 6.37. The Morgan fingerprint density at radius 1 is 1.27 bits per heavy atom. The molecule has 1 rings (SSSR count). The first-order valence-corrected chi connectivity index (χ1v) is 5.99. The molecule has 1 aromatic carbocycles. The summed E-state index contributed by atoms with van der Waals surface area (Å²) in [4.78, 5) is 4.30. The zero-order chi connectivity index (χ0) is 10.9. The van der Waals surface area contributed by atoms with E-state index in [9.17, 15) is 0 Å². The van der Waals surface area contributed by atoms with E-state index < -0.39 is 0 Å². The van der Waals surface area contributed by atoms with Crippen LogP contribution in [0.15, 0.2) is 35.3 Å². The lowest BCUT2D eigenvalue weighted by molar-refractivity contribution is -0.0439. The Morgan fingerprint density at radius 2 is 1.93 bits per heavy atom. The third kappa shape index (κ3) is 4.87. The molecule has 0 spiro atoms. The van der Waals surface area contributed by atoms with E-state index in [1.165, 1.54) is 0 Å². The average molecular weight is 221 g/mol. The first-order valence-electron chi connectivity index (χ1n) is 4.70. The third-order valence-corrected chi connectivity index (χ3v) is 2.99. The number of hydrogen-bond acceptors (Lipinski definition) is 3. The van der Waals surface area contributed by atoms with Crippen LogP contribution in [0, 0.1) is 0 Å². The van der Waals surface area contributed by atoms with E-state index in [4.69, 9.17) is 9.47 Å². The minimum Gasteiger partial charge on any atom is -0.360 e. The summed E-state index contributed by atoms with van der Waals surface area (Å²) in [5.41, 5.74) is 1.12. The lowest BCUT2D eigenvalue weighted by Crippen LogP contribution is -2.23. The molecule has 0 saturated carbocycles. The molecule has 0 aliphatic heterocycles.